The minimum Gasteiger partial charge on any atom is -0.354 e. The summed E-state index contributed by atoms with van der Waals surface area (Å²) in [5, 5.41) is 1.53. The Kier molecular flexibility index (Phi) is 4.14. The molecule has 22 heavy (non-hydrogen) atoms. The zero-order valence-electron chi connectivity index (χ0n) is 11.8. The van der Waals surface area contributed by atoms with Crippen molar-refractivity contribution in [3.63, 3.8) is 0 Å². The van der Waals surface area contributed by atoms with E-state index >= 15 is 0 Å². The molecule has 0 radical (unpaired) electrons. The number of pyridine rings is 1. The van der Waals surface area contributed by atoms with Crippen LogP contribution in [0.15, 0.2) is 30.3 Å². The quantitative estimate of drug-likeness (QED) is 0.839. The number of piperazine rings is 1. The number of benzene rings is 1. The zero-order chi connectivity index (χ0) is 15.7. The number of aromatic nitrogens is 1. The third-order valence-corrected chi connectivity index (χ3v) is 4.06. The van der Waals surface area contributed by atoms with Crippen LogP contribution in [0, 0.1) is 0 Å². The van der Waals surface area contributed by atoms with Crippen LogP contribution in [0.3, 0.4) is 0 Å². The maximum absolute atomic E-state index is 12.4. The van der Waals surface area contributed by atoms with Crippen molar-refractivity contribution in [1.29, 1.82) is 0 Å². The number of alkyl halides is 3. The highest BCUT2D eigenvalue weighted by Crippen LogP contribution is 2.25. The van der Waals surface area contributed by atoms with Crippen molar-refractivity contribution in [2.24, 2.45) is 0 Å². The highest BCUT2D eigenvalue weighted by molar-refractivity contribution is 6.35. The van der Waals surface area contributed by atoms with Crippen molar-refractivity contribution in [1.82, 2.24) is 9.88 Å². The van der Waals surface area contributed by atoms with E-state index in [0.717, 1.165) is 16.7 Å². The van der Waals surface area contributed by atoms with Gasteiger partial charge in [0.05, 0.1) is 17.1 Å². The number of hydrogen-bond acceptors (Lipinski definition) is 3. The summed E-state index contributed by atoms with van der Waals surface area (Å²) in [6, 6.07) is 9.40. The Bertz CT molecular complexity index is 667. The number of fused-ring (bicyclic) bond motifs is 1. The van der Waals surface area contributed by atoms with E-state index in [1.54, 1.807) is 6.07 Å². The molecule has 2 heterocycles. The molecule has 1 aliphatic rings. The lowest BCUT2D eigenvalue weighted by molar-refractivity contribution is -0.146. The van der Waals surface area contributed by atoms with E-state index in [9.17, 15) is 13.2 Å². The molecule has 1 fully saturated rings. The summed E-state index contributed by atoms with van der Waals surface area (Å²) >= 11 is 6.15. The summed E-state index contributed by atoms with van der Waals surface area (Å²) in [6.45, 7) is 0.958. The fourth-order valence-electron chi connectivity index (χ4n) is 2.67. The van der Waals surface area contributed by atoms with Gasteiger partial charge in [0.25, 0.3) is 0 Å². The third-order valence-electron chi connectivity index (χ3n) is 3.76. The van der Waals surface area contributed by atoms with Gasteiger partial charge in [-0.1, -0.05) is 23.7 Å². The first kappa shape index (κ1) is 15.4. The molecule has 3 nitrogen and oxygen atoms in total. The summed E-state index contributed by atoms with van der Waals surface area (Å²) in [6.07, 6.45) is -4.14. The molecule has 1 aliphatic heterocycles. The lowest BCUT2D eigenvalue weighted by atomic mass is 10.2. The van der Waals surface area contributed by atoms with Crippen LogP contribution in [0.5, 0.6) is 0 Å². The molecule has 0 aliphatic carbocycles. The molecule has 3 rings (SSSR count). The van der Waals surface area contributed by atoms with Crippen LogP contribution in [0.2, 0.25) is 5.02 Å². The number of para-hydroxylation sites is 1. The summed E-state index contributed by atoms with van der Waals surface area (Å²) in [5.74, 6) is 0.757. The predicted octanol–water partition coefficient (Wildman–Crippen LogP) is 3.57. The monoisotopic (exact) mass is 329 g/mol. The number of anilines is 1. The summed E-state index contributed by atoms with van der Waals surface area (Å²) in [7, 11) is 0. The smallest absolute Gasteiger partial charge is 0.354 e. The highest BCUT2D eigenvalue weighted by Gasteiger charge is 2.32. The van der Waals surface area contributed by atoms with E-state index in [-0.39, 0.29) is 0 Å². The van der Waals surface area contributed by atoms with Gasteiger partial charge in [-0.05, 0) is 18.2 Å². The van der Waals surface area contributed by atoms with Gasteiger partial charge in [0.2, 0.25) is 0 Å². The minimum atomic E-state index is -4.14. The van der Waals surface area contributed by atoms with Crippen LogP contribution < -0.4 is 4.90 Å². The number of hydrogen-bond donors (Lipinski definition) is 0. The first-order valence-corrected chi connectivity index (χ1v) is 7.39. The molecule has 0 N–H and O–H groups in total. The molecule has 1 saturated heterocycles. The van der Waals surface area contributed by atoms with Gasteiger partial charge in [0.1, 0.15) is 5.82 Å². The molecular weight excluding hydrogens is 315 g/mol. The molecule has 7 heteroatoms. The van der Waals surface area contributed by atoms with Crippen LogP contribution in [-0.4, -0.2) is 48.8 Å². The molecule has 118 valence electrons. The second kappa shape index (κ2) is 5.93. The molecule has 0 bridgehead atoms. The average Bonchev–Trinajstić information content (AvgIpc) is 2.47. The number of rotatable bonds is 2. The fraction of sp³-hybridized carbons (Fsp3) is 0.400. The van der Waals surface area contributed by atoms with Gasteiger partial charge in [-0.15, -0.1) is 0 Å². The van der Waals surface area contributed by atoms with E-state index in [4.69, 9.17) is 11.6 Å². The maximum atomic E-state index is 12.4. The normalized spacial score (nSPS) is 17.2. The molecule has 1 aromatic heterocycles. The second-order valence-corrected chi connectivity index (χ2v) is 5.77. The van der Waals surface area contributed by atoms with E-state index in [1.807, 2.05) is 29.2 Å². The Morgan fingerprint density at radius 3 is 2.45 bits per heavy atom. The molecule has 0 unspecified atom stereocenters. The molecule has 1 aromatic carbocycles. The maximum Gasteiger partial charge on any atom is 0.401 e. The minimum absolute atomic E-state index is 0.377. The van der Waals surface area contributed by atoms with Crippen LogP contribution in [0.25, 0.3) is 10.9 Å². The fourth-order valence-corrected chi connectivity index (χ4v) is 2.89. The average molecular weight is 330 g/mol. The largest absolute Gasteiger partial charge is 0.401 e. The third kappa shape index (κ3) is 3.44. The Morgan fingerprint density at radius 2 is 1.77 bits per heavy atom. The summed E-state index contributed by atoms with van der Waals surface area (Å²) in [5.41, 5.74) is 0.722. The SMILES string of the molecule is FC(F)(F)CN1CCN(c2ccc3cccc(Cl)c3n2)CC1. The van der Waals surface area contributed by atoms with Crippen LogP contribution in [0.1, 0.15) is 0 Å². The second-order valence-electron chi connectivity index (χ2n) is 5.36. The first-order valence-electron chi connectivity index (χ1n) is 7.02. The summed E-state index contributed by atoms with van der Waals surface area (Å²) in [4.78, 5) is 7.97. The molecule has 0 amide bonds. The summed E-state index contributed by atoms with van der Waals surface area (Å²) < 4.78 is 37.2. The Balaban J connectivity index is 1.72. The van der Waals surface area contributed by atoms with E-state index in [1.165, 1.54) is 4.90 Å². The van der Waals surface area contributed by atoms with Gasteiger partial charge < -0.3 is 4.90 Å². The van der Waals surface area contributed by atoms with Gasteiger partial charge in [0, 0.05) is 31.6 Å². The Hall–Kier alpha value is -1.53. The number of halogens is 4. The standard InChI is InChI=1S/C15H15ClF3N3/c16-12-3-1-2-11-4-5-13(20-14(11)12)22-8-6-21(7-9-22)10-15(17,18)19/h1-5H,6-10H2. The number of nitrogens with zero attached hydrogens (tertiary/aromatic N) is 3. The topological polar surface area (TPSA) is 19.4 Å². The molecule has 0 saturated carbocycles. The zero-order valence-corrected chi connectivity index (χ0v) is 12.5. The van der Waals surface area contributed by atoms with Crippen molar-refractivity contribution in [2.45, 2.75) is 6.18 Å². The lowest BCUT2D eigenvalue weighted by Crippen LogP contribution is -2.49. The molecule has 2 aromatic rings. The highest BCUT2D eigenvalue weighted by atomic mass is 35.5. The van der Waals surface area contributed by atoms with Gasteiger partial charge in [-0.25, -0.2) is 4.98 Å². The molecule has 0 atom stereocenters. The van der Waals surface area contributed by atoms with Crippen molar-refractivity contribution in [3.8, 4) is 0 Å². The van der Waals surface area contributed by atoms with Gasteiger partial charge in [-0.2, -0.15) is 13.2 Å². The van der Waals surface area contributed by atoms with Gasteiger partial charge in [-0.3, -0.25) is 4.90 Å². The Morgan fingerprint density at radius 1 is 1.05 bits per heavy atom. The first-order chi connectivity index (χ1) is 10.4. The van der Waals surface area contributed by atoms with E-state index in [0.29, 0.717) is 31.2 Å². The Labute approximate surface area is 131 Å². The van der Waals surface area contributed by atoms with Crippen LogP contribution in [-0.2, 0) is 0 Å². The molecular formula is C15H15ClF3N3. The van der Waals surface area contributed by atoms with Crippen LogP contribution >= 0.6 is 11.6 Å². The lowest BCUT2D eigenvalue weighted by Gasteiger charge is -2.35. The van der Waals surface area contributed by atoms with E-state index in [2.05, 4.69) is 4.98 Å². The predicted molar refractivity (Wildman–Crippen MR) is 81.5 cm³/mol. The van der Waals surface area contributed by atoms with Crippen molar-refractivity contribution in [2.75, 3.05) is 37.6 Å². The van der Waals surface area contributed by atoms with Gasteiger partial charge >= 0.3 is 6.18 Å². The van der Waals surface area contributed by atoms with Crippen molar-refractivity contribution < 1.29 is 13.2 Å². The van der Waals surface area contributed by atoms with E-state index < -0.39 is 12.7 Å². The van der Waals surface area contributed by atoms with Crippen molar-refractivity contribution in [3.05, 3.63) is 35.4 Å². The molecule has 0 spiro atoms. The van der Waals surface area contributed by atoms with Crippen LogP contribution in [0.4, 0.5) is 19.0 Å². The van der Waals surface area contributed by atoms with Gasteiger partial charge in [0.15, 0.2) is 0 Å². The van der Waals surface area contributed by atoms with Crippen molar-refractivity contribution >= 4 is 28.3 Å².